The Hall–Kier alpha value is -2.03. The number of carbonyl (C=O) groups excluding carboxylic acids is 1. The maximum absolute atomic E-state index is 12.1. The summed E-state index contributed by atoms with van der Waals surface area (Å²) in [4.78, 5) is 18.2. The monoisotopic (exact) mass is 363 g/mol. The number of aliphatic hydroxyl groups excluding tert-OH is 1. The first-order valence-corrected chi connectivity index (χ1v) is 9.96. The van der Waals surface area contributed by atoms with E-state index in [0.29, 0.717) is 13.0 Å². The molecule has 0 spiro atoms. The molecule has 1 aromatic heterocycles. The molecule has 1 fully saturated rings. The Balaban J connectivity index is 1.64. The summed E-state index contributed by atoms with van der Waals surface area (Å²) < 4.78 is 24.4. The highest BCUT2D eigenvalue weighted by molar-refractivity contribution is 7.88. The number of amides is 1. The average molecular weight is 363 g/mol. The van der Waals surface area contributed by atoms with Gasteiger partial charge in [0.1, 0.15) is 0 Å². The molecule has 2 atom stereocenters. The largest absolute Gasteiger partial charge is 0.391 e. The predicted octanol–water partition coefficient (Wildman–Crippen LogP) is 0.146. The number of para-hydroxylation sites is 1. The number of carbonyl (C=O) groups is 1. The number of hydrogen-bond acceptors (Lipinski definition) is 5. The summed E-state index contributed by atoms with van der Waals surface area (Å²) in [6, 6.07) is 11.8. The Kier molecular flexibility index (Phi) is 5.03. The van der Waals surface area contributed by atoms with Crippen molar-refractivity contribution in [1.82, 2.24) is 14.6 Å². The van der Waals surface area contributed by atoms with E-state index in [1.165, 1.54) is 4.90 Å². The van der Waals surface area contributed by atoms with E-state index >= 15 is 0 Å². The van der Waals surface area contributed by atoms with Crippen LogP contribution < -0.4 is 4.72 Å². The number of sulfonamides is 1. The minimum absolute atomic E-state index is 0.115. The van der Waals surface area contributed by atoms with Crippen LogP contribution >= 0.6 is 0 Å². The lowest BCUT2D eigenvalue weighted by Crippen LogP contribution is -2.39. The minimum atomic E-state index is -3.42. The Labute approximate surface area is 146 Å². The Morgan fingerprint density at radius 2 is 2.04 bits per heavy atom. The van der Waals surface area contributed by atoms with Gasteiger partial charge in [-0.3, -0.25) is 9.78 Å². The number of likely N-dealkylation sites (tertiary alicyclic amines) is 1. The fraction of sp³-hybridized carbons (Fsp3) is 0.412. The molecule has 1 saturated heterocycles. The zero-order chi connectivity index (χ0) is 18.0. The molecule has 2 aromatic rings. The Bertz CT molecular complexity index is 884. The van der Waals surface area contributed by atoms with Crippen molar-refractivity contribution in [3.8, 4) is 0 Å². The van der Waals surface area contributed by atoms with Gasteiger partial charge in [-0.15, -0.1) is 0 Å². The first-order valence-electron chi connectivity index (χ1n) is 8.07. The molecule has 1 aromatic carbocycles. The summed E-state index contributed by atoms with van der Waals surface area (Å²) in [5, 5.41) is 11.3. The van der Waals surface area contributed by atoms with E-state index < -0.39 is 16.1 Å². The topological polar surface area (TPSA) is 99.6 Å². The maximum Gasteiger partial charge on any atom is 0.237 e. The van der Waals surface area contributed by atoms with Gasteiger partial charge in [-0.2, -0.15) is 0 Å². The summed E-state index contributed by atoms with van der Waals surface area (Å²) in [7, 11) is -3.42. The molecular weight excluding hydrogens is 342 g/mol. The molecule has 0 unspecified atom stereocenters. The predicted molar refractivity (Wildman–Crippen MR) is 94.4 cm³/mol. The van der Waals surface area contributed by atoms with E-state index in [1.54, 1.807) is 0 Å². The molecule has 7 nitrogen and oxygen atoms in total. The first kappa shape index (κ1) is 17.8. The molecule has 1 aliphatic rings. The van der Waals surface area contributed by atoms with Crippen molar-refractivity contribution in [3.05, 3.63) is 42.1 Å². The number of fused-ring (bicyclic) bond motifs is 1. The van der Waals surface area contributed by atoms with Gasteiger partial charge in [0.15, 0.2) is 0 Å². The molecular formula is C17H21N3O4S. The van der Waals surface area contributed by atoms with Crippen LogP contribution in [-0.4, -0.2) is 61.3 Å². The van der Waals surface area contributed by atoms with Crippen LogP contribution in [0, 0.1) is 5.92 Å². The average Bonchev–Trinajstić information content (AvgIpc) is 2.93. The quantitative estimate of drug-likeness (QED) is 0.788. The van der Waals surface area contributed by atoms with Crippen molar-refractivity contribution < 1.29 is 18.3 Å². The van der Waals surface area contributed by atoms with E-state index in [0.717, 1.165) is 22.9 Å². The standard InChI is InChI=1S/C17H21N3O4S/c1-25(23,24)18-9-17(22)20-10-13(16(21)11-20)8-14-7-6-12-4-2-3-5-15(12)19-14/h2-7,13,16,18,21H,8-11H2,1H3/t13-,16-/m1/s1. The van der Waals surface area contributed by atoms with Gasteiger partial charge < -0.3 is 10.0 Å². The molecule has 1 aliphatic heterocycles. The van der Waals surface area contributed by atoms with Crippen LogP contribution in [-0.2, 0) is 21.2 Å². The summed E-state index contributed by atoms with van der Waals surface area (Å²) in [6.45, 7) is 0.314. The van der Waals surface area contributed by atoms with Crippen molar-refractivity contribution in [2.75, 3.05) is 25.9 Å². The molecule has 25 heavy (non-hydrogen) atoms. The van der Waals surface area contributed by atoms with Crippen molar-refractivity contribution in [2.45, 2.75) is 12.5 Å². The van der Waals surface area contributed by atoms with Crippen molar-refractivity contribution in [3.63, 3.8) is 0 Å². The smallest absolute Gasteiger partial charge is 0.237 e. The number of nitrogens with zero attached hydrogens (tertiary/aromatic N) is 2. The molecule has 8 heteroatoms. The number of benzene rings is 1. The summed E-state index contributed by atoms with van der Waals surface area (Å²) >= 11 is 0. The molecule has 1 amide bonds. The van der Waals surface area contributed by atoms with Gasteiger partial charge in [0.05, 0.1) is 24.4 Å². The number of aliphatic hydroxyl groups is 1. The molecule has 0 bridgehead atoms. The summed E-state index contributed by atoms with van der Waals surface area (Å²) in [5.74, 6) is -0.450. The molecule has 134 valence electrons. The third-order valence-corrected chi connectivity index (χ3v) is 5.04. The maximum atomic E-state index is 12.1. The number of nitrogens with one attached hydrogen (secondary N) is 1. The van der Waals surface area contributed by atoms with E-state index in [-0.39, 0.29) is 24.9 Å². The van der Waals surface area contributed by atoms with Gasteiger partial charge in [0.25, 0.3) is 0 Å². The van der Waals surface area contributed by atoms with E-state index in [1.807, 2.05) is 36.4 Å². The van der Waals surface area contributed by atoms with E-state index in [9.17, 15) is 18.3 Å². The highest BCUT2D eigenvalue weighted by Crippen LogP contribution is 2.22. The zero-order valence-electron chi connectivity index (χ0n) is 13.9. The van der Waals surface area contributed by atoms with Crippen LogP contribution in [0.3, 0.4) is 0 Å². The van der Waals surface area contributed by atoms with E-state index in [4.69, 9.17) is 0 Å². The lowest BCUT2D eigenvalue weighted by Gasteiger charge is -2.16. The second-order valence-electron chi connectivity index (χ2n) is 6.42. The fourth-order valence-corrected chi connectivity index (χ4v) is 3.44. The lowest BCUT2D eigenvalue weighted by molar-refractivity contribution is -0.129. The molecule has 2 heterocycles. The molecule has 0 radical (unpaired) electrons. The van der Waals surface area contributed by atoms with Gasteiger partial charge in [-0.05, 0) is 18.6 Å². The Morgan fingerprint density at radius 1 is 1.28 bits per heavy atom. The number of rotatable bonds is 5. The molecule has 2 N–H and O–H groups in total. The SMILES string of the molecule is CS(=O)(=O)NCC(=O)N1C[C@@H](Cc2ccc3ccccc3n2)[C@H](O)C1. The lowest BCUT2D eigenvalue weighted by atomic mass is 9.99. The van der Waals surface area contributed by atoms with Crippen LogP contribution in [0.25, 0.3) is 10.9 Å². The summed E-state index contributed by atoms with van der Waals surface area (Å²) in [5.41, 5.74) is 1.77. The number of hydrogen-bond donors (Lipinski definition) is 2. The third-order valence-electron chi connectivity index (χ3n) is 4.37. The highest BCUT2D eigenvalue weighted by atomic mass is 32.2. The molecule has 0 saturated carbocycles. The van der Waals surface area contributed by atoms with Gasteiger partial charge in [0, 0.05) is 30.1 Å². The normalized spacial score (nSPS) is 21.0. The first-order chi connectivity index (χ1) is 11.8. The number of aromatic nitrogens is 1. The summed E-state index contributed by atoms with van der Waals surface area (Å²) in [6.07, 6.45) is 0.929. The molecule has 3 rings (SSSR count). The van der Waals surface area contributed by atoms with Crippen LogP contribution in [0.15, 0.2) is 36.4 Å². The van der Waals surface area contributed by atoms with Gasteiger partial charge in [0.2, 0.25) is 15.9 Å². The van der Waals surface area contributed by atoms with Gasteiger partial charge >= 0.3 is 0 Å². The highest BCUT2D eigenvalue weighted by Gasteiger charge is 2.34. The fourth-order valence-electron chi connectivity index (χ4n) is 3.05. The van der Waals surface area contributed by atoms with Crippen molar-refractivity contribution in [1.29, 1.82) is 0 Å². The van der Waals surface area contributed by atoms with Crippen molar-refractivity contribution >= 4 is 26.8 Å². The van der Waals surface area contributed by atoms with Gasteiger partial charge in [-0.1, -0.05) is 24.3 Å². The second kappa shape index (κ2) is 7.07. The number of β-amino-alcohol motifs (C(OH)–C–C–N with tert-alkyl or cyclic N) is 1. The van der Waals surface area contributed by atoms with Crippen LogP contribution in [0.4, 0.5) is 0 Å². The van der Waals surface area contributed by atoms with Crippen LogP contribution in [0.2, 0.25) is 0 Å². The van der Waals surface area contributed by atoms with Gasteiger partial charge in [-0.25, -0.2) is 13.1 Å². The van der Waals surface area contributed by atoms with E-state index in [2.05, 4.69) is 9.71 Å². The van der Waals surface area contributed by atoms with Crippen molar-refractivity contribution in [2.24, 2.45) is 5.92 Å². The van der Waals surface area contributed by atoms with Crippen LogP contribution in [0.1, 0.15) is 5.69 Å². The third kappa shape index (κ3) is 4.53. The van der Waals surface area contributed by atoms with Crippen LogP contribution in [0.5, 0.6) is 0 Å². The second-order valence-corrected chi connectivity index (χ2v) is 8.25. The zero-order valence-corrected chi connectivity index (χ0v) is 14.7. The molecule has 0 aliphatic carbocycles. The Morgan fingerprint density at radius 3 is 2.80 bits per heavy atom. The minimum Gasteiger partial charge on any atom is -0.391 e. The number of pyridine rings is 1.